The standard InChI is InChI=1S/C16H19N3O2/c1-10(2)13-5-4-11(3)8-15(13)21-12-6-7-18-14(9-12)16(17)19-20/h4-10,20H,1-3H3,(H2,17,19). The summed E-state index contributed by atoms with van der Waals surface area (Å²) < 4.78 is 5.95. The van der Waals surface area contributed by atoms with Gasteiger partial charge in [0.15, 0.2) is 5.84 Å². The van der Waals surface area contributed by atoms with E-state index in [9.17, 15) is 0 Å². The Kier molecular flexibility index (Phi) is 4.42. The molecule has 0 aliphatic carbocycles. The predicted octanol–water partition coefficient (Wildman–Crippen LogP) is 3.40. The molecule has 0 fully saturated rings. The predicted molar refractivity (Wildman–Crippen MR) is 82.1 cm³/mol. The molecule has 0 aliphatic rings. The maximum atomic E-state index is 8.70. The Morgan fingerprint density at radius 1 is 1.29 bits per heavy atom. The molecule has 1 aromatic carbocycles. The van der Waals surface area contributed by atoms with Crippen molar-refractivity contribution in [3.63, 3.8) is 0 Å². The molecule has 0 spiro atoms. The molecule has 0 saturated carbocycles. The third kappa shape index (κ3) is 3.51. The number of nitrogens with two attached hydrogens (primary N) is 1. The van der Waals surface area contributed by atoms with E-state index in [1.165, 1.54) is 0 Å². The molecule has 21 heavy (non-hydrogen) atoms. The summed E-state index contributed by atoms with van der Waals surface area (Å²) in [5.74, 6) is 1.71. The molecule has 1 heterocycles. The highest BCUT2D eigenvalue weighted by atomic mass is 16.5. The minimum Gasteiger partial charge on any atom is -0.457 e. The fourth-order valence-electron chi connectivity index (χ4n) is 2.00. The molecule has 0 radical (unpaired) electrons. The average Bonchev–Trinajstić information content (AvgIpc) is 2.46. The van der Waals surface area contributed by atoms with Gasteiger partial charge in [0.25, 0.3) is 0 Å². The maximum Gasteiger partial charge on any atom is 0.188 e. The number of aromatic nitrogens is 1. The molecule has 110 valence electrons. The van der Waals surface area contributed by atoms with E-state index in [1.807, 2.05) is 13.0 Å². The summed E-state index contributed by atoms with van der Waals surface area (Å²) in [6, 6.07) is 9.51. The third-order valence-corrected chi connectivity index (χ3v) is 3.12. The molecule has 2 aromatic rings. The Bertz CT molecular complexity index is 666. The summed E-state index contributed by atoms with van der Waals surface area (Å²) in [5, 5.41) is 11.6. The second kappa shape index (κ2) is 6.26. The molecule has 0 aliphatic heterocycles. The Labute approximate surface area is 124 Å². The molecule has 0 amide bonds. The molecule has 0 bridgehead atoms. The van der Waals surface area contributed by atoms with Gasteiger partial charge in [0, 0.05) is 12.3 Å². The van der Waals surface area contributed by atoms with Crippen molar-refractivity contribution in [3.05, 3.63) is 53.3 Å². The molecule has 3 N–H and O–H groups in total. The van der Waals surface area contributed by atoms with Gasteiger partial charge >= 0.3 is 0 Å². The van der Waals surface area contributed by atoms with Gasteiger partial charge in [-0.2, -0.15) is 0 Å². The number of hydrogen-bond acceptors (Lipinski definition) is 4. The highest BCUT2D eigenvalue weighted by molar-refractivity contribution is 5.95. The quantitative estimate of drug-likeness (QED) is 0.390. The molecule has 1 aromatic heterocycles. The van der Waals surface area contributed by atoms with Crippen LogP contribution in [0.25, 0.3) is 0 Å². The van der Waals surface area contributed by atoms with E-state index in [0.29, 0.717) is 17.4 Å². The van der Waals surface area contributed by atoms with Crippen molar-refractivity contribution < 1.29 is 9.94 Å². The first-order valence-electron chi connectivity index (χ1n) is 6.73. The molecule has 5 nitrogen and oxygen atoms in total. The number of oxime groups is 1. The fourth-order valence-corrected chi connectivity index (χ4v) is 2.00. The van der Waals surface area contributed by atoms with E-state index >= 15 is 0 Å². The number of nitrogens with zero attached hydrogens (tertiary/aromatic N) is 2. The van der Waals surface area contributed by atoms with Crippen LogP contribution in [0, 0.1) is 6.92 Å². The summed E-state index contributed by atoms with van der Waals surface area (Å²) in [6.07, 6.45) is 1.56. The van der Waals surface area contributed by atoms with Gasteiger partial charge in [-0.25, -0.2) is 0 Å². The first kappa shape index (κ1) is 14.8. The second-order valence-electron chi connectivity index (χ2n) is 5.16. The fraction of sp³-hybridized carbons (Fsp3) is 0.250. The Morgan fingerprint density at radius 3 is 2.71 bits per heavy atom. The van der Waals surface area contributed by atoms with Crippen LogP contribution >= 0.6 is 0 Å². The van der Waals surface area contributed by atoms with Gasteiger partial charge in [-0.3, -0.25) is 4.98 Å². The van der Waals surface area contributed by atoms with E-state index in [4.69, 9.17) is 15.7 Å². The highest BCUT2D eigenvalue weighted by Gasteiger charge is 2.10. The number of aryl methyl sites for hydroxylation is 1. The number of pyridine rings is 1. The van der Waals surface area contributed by atoms with E-state index in [2.05, 4.69) is 36.1 Å². The van der Waals surface area contributed by atoms with Gasteiger partial charge in [-0.05, 0) is 36.1 Å². The number of amidine groups is 1. The number of hydrogen-bond donors (Lipinski definition) is 2. The zero-order valence-corrected chi connectivity index (χ0v) is 12.4. The molecule has 0 atom stereocenters. The minimum absolute atomic E-state index is 0.0474. The monoisotopic (exact) mass is 285 g/mol. The van der Waals surface area contributed by atoms with Crippen LogP contribution in [0.5, 0.6) is 11.5 Å². The summed E-state index contributed by atoms with van der Waals surface area (Å²) in [5.41, 5.74) is 8.16. The largest absolute Gasteiger partial charge is 0.457 e. The first-order valence-corrected chi connectivity index (χ1v) is 6.73. The van der Waals surface area contributed by atoms with Crippen molar-refractivity contribution in [2.24, 2.45) is 10.9 Å². The zero-order valence-electron chi connectivity index (χ0n) is 12.4. The van der Waals surface area contributed by atoms with E-state index in [0.717, 1.165) is 16.9 Å². The van der Waals surface area contributed by atoms with Crippen LogP contribution in [0.2, 0.25) is 0 Å². The normalized spacial score (nSPS) is 11.7. The molecule has 0 unspecified atom stereocenters. The van der Waals surface area contributed by atoms with Gasteiger partial charge in [-0.1, -0.05) is 31.1 Å². The van der Waals surface area contributed by atoms with Crippen LogP contribution < -0.4 is 10.5 Å². The van der Waals surface area contributed by atoms with Gasteiger partial charge in [-0.15, -0.1) is 0 Å². The lowest BCUT2D eigenvalue weighted by Crippen LogP contribution is -2.14. The molecule has 2 rings (SSSR count). The molecule has 5 heteroatoms. The molecular weight excluding hydrogens is 266 g/mol. The summed E-state index contributed by atoms with van der Waals surface area (Å²) in [4.78, 5) is 4.03. The smallest absolute Gasteiger partial charge is 0.188 e. The number of rotatable bonds is 4. The van der Waals surface area contributed by atoms with E-state index < -0.39 is 0 Å². The van der Waals surface area contributed by atoms with E-state index in [1.54, 1.807) is 18.3 Å². The van der Waals surface area contributed by atoms with Crippen LogP contribution in [0.1, 0.15) is 36.6 Å². The lowest BCUT2D eigenvalue weighted by Gasteiger charge is -2.14. The van der Waals surface area contributed by atoms with Crippen LogP contribution in [-0.2, 0) is 0 Å². The van der Waals surface area contributed by atoms with Crippen molar-refractivity contribution >= 4 is 5.84 Å². The topological polar surface area (TPSA) is 80.7 Å². The van der Waals surface area contributed by atoms with Crippen molar-refractivity contribution in [1.82, 2.24) is 4.98 Å². The Morgan fingerprint density at radius 2 is 2.05 bits per heavy atom. The van der Waals surface area contributed by atoms with Gasteiger partial charge < -0.3 is 15.7 Å². The van der Waals surface area contributed by atoms with Gasteiger partial charge in [0.1, 0.15) is 17.2 Å². The number of benzene rings is 1. The van der Waals surface area contributed by atoms with E-state index in [-0.39, 0.29) is 5.84 Å². The van der Waals surface area contributed by atoms with Crippen molar-refractivity contribution in [2.45, 2.75) is 26.7 Å². The molecule has 0 saturated heterocycles. The lowest BCUT2D eigenvalue weighted by atomic mass is 10.0. The first-order chi connectivity index (χ1) is 10.0. The maximum absolute atomic E-state index is 8.70. The van der Waals surface area contributed by atoms with Crippen LogP contribution in [0.3, 0.4) is 0 Å². The summed E-state index contributed by atoms with van der Waals surface area (Å²) in [7, 11) is 0. The third-order valence-electron chi connectivity index (χ3n) is 3.12. The Balaban J connectivity index is 2.36. The van der Waals surface area contributed by atoms with Gasteiger partial charge in [0.2, 0.25) is 0 Å². The molecular formula is C16H19N3O2. The van der Waals surface area contributed by atoms with Crippen LogP contribution in [0.15, 0.2) is 41.7 Å². The second-order valence-corrected chi connectivity index (χ2v) is 5.16. The zero-order chi connectivity index (χ0) is 15.4. The van der Waals surface area contributed by atoms with Crippen molar-refractivity contribution in [1.29, 1.82) is 0 Å². The lowest BCUT2D eigenvalue weighted by molar-refractivity contribution is 0.318. The van der Waals surface area contributed by atoms with Crippen LogP contribution in [-0.4, -0.2) is 16.0 Å². The SMILES string of the molecule is Cc1ccc(C(C)C)c(Oc2ccnc(C(N)=NO)c2)c1. The minimum atomic E-state index is -0.0474. The van der Waals surface area contributed by atoms with Crippen molar-refractivity contribution in [2.75, 3.05) is 0 Å². The van der Waals surface area contributed by atoms with Gasteiger partial charge in [0.05, 0.1) is 0 Å². The van der Waals surface area contributed by atoms with Crippen molar-refractivity contribution in [3.8, 4) is 11.5 Å². The number of ether oxygens (including phenoxy) is 1. The van der Waals surface area contributed by atoms with Crippen LogP contribution in [0.4, 0.5) is 0 Å². The average molecular weight is 285 g/mol. The highest BCUT2D eigenvalue weighted by Crippen LogP contribution is 2.31. The summed E-state index contributed by atoms with van der Waals surface area (Å²) in [6.45, 7) is 6.25. The summed E-state index contributed by atoms with van der Waals surface area (Å²) >= 11 is 0. The Hall–Kier alpha value is -2.56.